The molecule has 0 unspecified atom stereocenters. The molecule has 0 heterocycles. The van der Waals surface area contributed by atoms with Gasteiger partial charge in [0, 0.05) is 18.3 Å². The second-order valence-electron chi connectivity index (χ2n) is 4.93. The SMILES string of the molecule is CCc1ccc(N(C)c2c(F)cccc2[C@H](C)O)cc1. The molecule has 0 spiro atoms. The molecule has 0 bridgehead atoms. The number of aryl methyl sites for hydroxylation is 1. The lowest BCUT2D eigenvalue weighted by atomic mass is 10.1. The molecule has 0 aliphatic heterocycles. The fourth-order valence-corrected chi connectivity index (χ4v) is 2.31. The van der Waals surface area contributed by atoms with E-state index in [0.29, 0.717) is 11.3 Å². The van der Waals surface area contributed by atoms with E-state index < -0.39 is 6.10 Å². The first kappa shape index (κ1) is 14.5. The quantitative estimate of drug-likeness (QED) is 0.902. The number of para-hydroxylation sites is 1. The molecule has 2 nitrogen and oxygen atoms in total. The molecule has 0 aliphatic carbocycles. The third-order valence-corrected chi connectivity index (χ3v) is 3.54. The number of aliphatic hydroxyl groups excluding tert-OH is 1. The lowest BCUT2D eigenvalue weighted by Gasteiger charge is -2.24. The van der Waals surface area contributed by atoms with Gasteiger partial charge in [-0.2, -0.15) is 0 Å². The summed E-state index contributed by atoms with van der Waals surface area (Å²) in [4.78, 5) is 1.77. The number of rotatable bonds is 4. The average molecular weight is 273 g/mol. The predicted molar refractivity (Wildman–Crippen MR) is 80.9 cm³/mol. The first-order chi connectivity index (χ1) is 9.54. The van der Waals surface area contributed by atoms with Crippen LogP contribution in [0.15, 0.2) is 42.5 Å². The Morgan fingerprint density at radius 2 is 1.80 bits per heavy atom. The highest BCUT2D eigenvalue weighted by Crippen LogP contribution is 2.33. The maximum Gasteiger partial charge on any atom is 0.147 e. The third kappa shape index (κ3) is 2.83. The summed E-state index contributed by atoms with van der Waals surface area (Å²) in [6.45, 7) is 3.74. The van der Waals surface area contributed by atoms with Crippen LogP contribution in [0.5, 0.6) is 0 Å². The summed E-state index contributed by atoms with van der Waals surface area (Å²) in [7, 11) is 1.81. The van der Waals surface area contributed by atoms with Crippen LogP contribution in [-0.4, -0.2) is 12.2 Å². The third-order valence-electron chi connectivity index (χ3n) is 3.54. The van der Waals surface area contributed by atoms with Gasteiger partial charge in [0.05, 0.1) is 11.8 Å². The molecular formula is C17H20FNO. The van der Waals surface area contributed by atoms with Gasteiger partial charge in [-0.3, -0.25) is 0 Å². The van der Waals surface area contributed by atoms with Gasteiger partial charge in [0.1, 0.15) is 5.82 Å². The summed E-state index contributed by atoms with van der Waals surface area (Å²) in [6.07, 6.45) is 0.265. The van der Waals surface area contributed by atoms with Crippen molar-refractivity contribution in [1.29, 1.82) is 0 Å². The highest BCUT2D eigenvalue weighted by Gasteiger charge is 2.17. The largest absolute Gasteiger partial charge is 0.389 e. The lowest BCUT2D eigenvalue weighted by molar-refractivity contribution is 0.199. The first-order valence-electron chi connectivity index (χ1n) is 6.83. The number of anilines is 2. The van der Waals surface area contributed by atoms with E-state index in [0.717, 1.165) is 12.1 Å². The van der Waals surface area contributed by atoms with Crippen LogP contribution in [0.3, 0.4) is 0 Å². The number of aliphatic hydroxyl groups is 1. The predicted octanol–water partition coefficient (Wildman–Crippen LogP) is 4.21. The van der Waals surface area contributed by atoms with Gasteiger partial charge in [-0.25, -0.2) is 4.39 Å². The molecule has 106 valence electrons. The van der Waals surface area contributed by atoms with Crippen LogP contribution in [-0.2, 0) is 6.42 Å². The van der Waals surface area contributed by atoms with Crippen LogP contribution in [0.4, 0.5) is 15.8 Å². The van der Waals surface area contributed by atoms with E-state index in [2.05, 4.69) is 6.92 Å². The van der Waals surface area contributed by atoms with Gasteiger partial charge in [-0.15, -0.1) is 0 Å². The van der Waals surface area contributed by atoms with Gasteiger partial charge in [-0.05, 0) is 37.1 Å². The Kier molecular flexibility index (Phi) is 4.40. The maximum atomic E-state index is 14.1. The highest BCUT2D eigenvalue weighted by atomic mass is 19.1. The monoisotopic (exact) mass is 273 g/mol. The summed E-state index contributed by atoms with van der Waals surface area (Å²) in [5.41, 5.74) is 3.15. The van der Waals surface area contributed by atoms with E-state index in [1.807, 2.05) is 31.3 Å². The number of hydrogen-bond acceptors (Lipinski definition) is 2. The van der Waals surface area contributed by atoms with Gasteiger partial charge in [-0.1, -0.05) is 31.2 Å². The molecule has 0 saturated heterocycles. The molecule has 2 aromatic rings. The maximum absolute atomic E-state index is 14.1. The average Bonchev–Trinajstić information content (AvgIpc) is 2.46. The molecule has 0 saturated carbocycles. The zero-order chi connectivity index (χ0) is 14.7. The molecule has 0 radical (unpaired) electrons. The zero-order valence-electron chi connectivity index (χ0n) is 12.1. The molecule has 20 heavy (non-hydrogen) atoms. The fraction of sp³-hybridized carbons (Fsp3) is 0.294. The van der Waals surface area contributed by atoms with E-state index in [-0.39, 0.29) is 5.82 Å². The summed E-state index contributed by atoms with van der Waals surface area (Å²) in [5, 5.41) is 9.81. The topological polar surface area (TPSA) is 23.5 Å². The van der Waals surface area contributed by atoms with Crippen molar-refractivity contribution in [3.05, 3.63) is 59.4 Å². The minimum atomic E-state index is -0.710. The number of halogens is 1. The Hall–Kier alpha value is -1.87. The van der Waals surface area contributed by atoms with Gasteiger partial charge >= 0.3 is 0 Å². The van der Waals surface area contributed by atoms with E-state index in [9.17, 15) is 9.50 Å². The molecule has 0 aromatic heterocycles. The van der Waals surface area contributed by atoms with Crippen molar-refractivity contribution in [2.45, 2.75) is 26.4 Å². The van der Waals surface area contributed by atoms with Crippen LogP contribution >= 0.6 is 0 Å². The Labute approximate surface area is 119 Å². The molecule has 1 N–H and O–H groups in total. The van der Waals surface area contributed by atoms with Gasteiger partial charge < -0.3 is 10.0 Å². The van der Waals surface area contributed by atoms with Crippen molar-refractivity contribution < 1.29 is 9.50 Å². The van der Waals surface area contributed by atoms with Crippen LogP contribution < -0.4 is 4.90 Å². The molecule has 1 atom stereocenters. The van der Waals surface area contributed by atoms with E-state index in [1.54, 1.807) is 24.0 Å². The summed E-state index contributed by atoms with van der Waals surface area (Å²) in [6, 6.07) is 12.8. The van der Waals surface area contributed by atoms with Crippen LogP contribution in [0.25, 0.3) is 0 Å². The molecule has 2 aromatic carbocycles. The number of nitrogens with zero attached hydrogens (tertiary/aromatic N) is 1. The molecule has 2 rings (SSSR count). The molecular weight excluding hydrogens is 253 g/mol. The minimum Gasteiger partial charge on any atom is -0.389 e. The number of benzene rings is 2. The normalized spacial score (nSPS) is 12.2. The molecule has 3 heteroatoms. The highest BCUT2D eigenvalue weighted by molar-refractivity contribution is 5.67. The van der Waals surface area contributed by atoms with E-state index in [4.69, 9.17) is 0 Å². The first-order valence-corrected chi connectivity index (χ1v) is 6.83. The van der Waals surface area contributed by atoms with Gasteiger partial charge in [0.15, 0.2) is 0 Å². The van der Waals surface area contributed by atoms with Crippen LogP contribution in [0.2, 0.25) is 0 Å². The minimum absolute atomic E-state index is 0.328. The fourth-order valence-electron chi connectivity index (χ4n) is 2.31. The van der Waals surface area contributed by atoms with Crippen molar-refractivity contribution in [1.82, 2.24) is 0 Å². The standard InChI is InChI=1S/C17H20FNO/c1-4-13-8-10-14(11-9-13)19(3)17-15(12(2)20)6-5-7-16(17)18/h5-12,20H,4H2,1-3H3/t12-/m0/s1. The van der Waals surface area contributed by atoms with Crippen molar-refractivity contribution in [2.75, 3.05) is 11.9 Å². The van der Waals surface area contributed by atoms with E-state index in [1.165, 1.54) is 11.6 Å². The van der Waals surface area contributed by atoms with Crippen LogP contribution in [0, 0.1) is 5.82 Å². The number of hydrogen-bond donors (Lipinski definition) is 1. The van der Waals surface area contributed by atoms with Crippen molar-refractivity contribution in [2.24, 2.45) is 0 Å². The van der Waals surface area contributed by atoms with Gasteiger partial charge in [0.2, 0.25) is 0 Å². The second kappa shape index (κ2) is 6.06. The Balaban J connectivity index is 2.44. The Morgan fingerprint density at radius 3 is 2.35 bits per heavy atom. The van der Waals surface area contributed by atoms with Crippen molar-refractivity contribution in [3.8, 4) is 0 Å². The second-order valence-corrected chi connectivity index (χ2v) is 4.93. The summed E-state index contributed by atoms with van der Waals surface area (Å²) >= 11 is 0. The Bertz CT molecular complexity index is 578. The van der Waals surface area contributed by atoms with Crippen LogP contribution in [0.1, 0.15) is 31.1 Å². The summed E-state index contributed by atoms with van der Waals surface area (Å²) in [5.74, 6) is -0.328. The van der Waals surface area contributed by atoms with Gasteiger partial charge in [0.25, 0.3) is 0 Å². The van der Waals surface area contributed by atoms with Crippen molar-refractivity contribution >= 4 is 11.4 Å². The molecule has 0 amide bonds. The smallest absolute Gasteiger partial charge is 0.147 e. The Morgan fingerprint density at radius 1 is 1.15 bits per heavy atom. The molecule has 0 aliphatic rings. The molecule has 0 fully saturated rings. The van der Waals surface area contributed by atoms with E-state index >= 15 is 0 Å². The zero-order valence-corrected chi connectivity index (χ0v) is 12.1. The van der Waals surface area contributed by atoms with Crippen molar-refractivity contribution in [3.63, 3.8) is 0 Å². The lowest BCUT2D eigenvalue weighted by Crippen LogP contribution is -2.14. The summed E-state index contributed by atoms with van der Waals surface area (Å²) < 4.78 is 14.1.